The Labute approximate surface area is 169 Å². The molecular formula is C25H41BO. The van der Waals surface area contributed by atoms with E-state index in [1.54, 1.807) is 0 Å². The highest BCUT2D eigenvalue weighted by atomic mass is 16.5. The van der Waals surface area contributed by atoms with Gasteiger partial charge < -0.3 is 4.74 Å². The molecule has 5 fully saturated rings. The summed E-state index contributed by atoms with van der Waals surface area (Å²) in [7, 11) is 6.12. The lowest BCUT2D eigenvalue weighted by Gasteiger charge is -2.62. The van der Waals surface area contributed by atoms with Crippen LogP contribution in [0.1, 0.15) is 91.4 Å². The largest absolute Gasteiger partial charge is 0.375 e. The summed E-state index contributed by atoms with van der Waals surface area (Å²) in [4.78, 5) is 0. The smallest absolute Gasteiger partial charge is 0.0686 e. The summed E-state index contributed by atoms with van der Waals surface area (Å²) in [5, 5.41) is 0. The Kier molecular flexibility index (Phi) is 4.59. The van der Waals surface area contributed by atoms with Gasteiger partial charge in [-0.3, -0.25) is 0 Å². The van der Waals surface area contributed by atoms with Crippen LogP contribution in [0.2, 0.25) is 6.32 Å². The summed E-state index contributed by atoms with van der Waals surface area (Å²) in [5.74, 6) is 5.47. The Hall–Kier alpha value is 0.0249. The highest BCUT2D eigenvalue weighted by Crippen LogP contribution is 2.69. The summed E-state index contributed by atoms with van der Waals surface area (Å²) in [6.07, 6.45) is 16.6. The molecule has 0 aromatic rings. The second-order valence-electron chi connectivity index (χ2n) is 11.9. The lowest BCUT2D eigenvalue weighted by Crippen LogP contribution is -2.56. The third kappa shape index (κ3) is 2.67. The third-order valence-electron chi connectivity index (χ3n) is 11.1. The second-order valence-corrected chi connectivity index (χ2v) is 11.9. The van der Waals surface area contributed by atoms with Crippen molar-refractivity contribution in [1.29, 1.82) is 0 Å². The Morgan fingerprint density at radius 3 is 2.48 bits per heavy atom. The van der Waals surface area contributed by atoms with Gasteiger partial charge in [-0.2, -0.15) is 0 Å². The van der Waals surface area contributed by atoms with Crippen molar-refractivity contribution in [1.82, 2.24) is 0 Å². The van der Waals surface area contributed by atoms with Gasteiger partial charge in [-0.25, -0.2) is 0 Å². The minimum atomic E-state index is 0.287. The molecule has 5 rings (SSSR count). The van der Waals surface area contributed by atoms with Gasteiger partial charge in [-0.1, -0.05) is 27.1 Å². The molecule has 0 amide bonds. The maximum Gasteiger partial charge on any atom is 0.0686 e. The van der Waals surface area contributed by atoms with Crippen LogP contribution in [0, 0.1) is 46.3 Å². The quantitative estimate of drug-likeness (QED) is 0.511. The maximum atomic E-state index is 6.34. The number of hydrogen-bond acceptors (Lipinski definition) is 1. The molecule has 1 saturated heterocycles. The summed E-state index contributed by atoms with van der Waals surface area (Å²) in [6, 6.07) is 0. The normalized spacial score (nSPS) is 55.7. The van der Waals surface area contributed by atoms with E-state index in [4.69, 9.17) is 12.6 Å². The van der Waals surface area contributed by atoms with Crippen LogP contribution in [0.4, 0.5) is 0 Å². The van der Waals surface area contributed by atoms with Crippen molar-refractivity contribution in [2.24, 2.45) is 46.3 Å². The van der Waals surface area contributed by atoms with Gasteiger partial charge in [0.25, 0.3) is 0 Å². The summed E-state index contributed by atoms with van der Waals surface area (Å²) >= 11 is 0. The third-order valence-corrected chi connectivity index (χ3v) is 11.1. The minimum absolute atomic E-state index is 0.287. The first-order chi connectivity index (χ1) is 12.9. The van der Waals surface area contributed by atoms with Gasteiger partial charge in [0.2, 0.25) is 0 Å². The SMILES string of the molecule is [B]C[C@@H](C)C1CCC2C3CCC4CC5(CCCO5)CCC4(C)C3CCC21C. The number of hydrogen-bond donors (Lipinski definition) is 0. The molecule has 8 unspecified atom stereocenters. The number of rotatable bonds is 2. The molecule has 1 spiro atoms. The maximum absolute atomic E-state index is 6.34. The zero-order valence-electron chi connectivity index (χ0n) is 18.1. The van der Waals surface area contributed by atoms with E-state index in [2.05, 4.69) is 20.8 Å². The van der Waals surface area contributed by atoms with Gasteiger partial charge in [0.05, 0.1) is 13.4 Å². The van der Waals surface area contributed by atoms with E-state index in [1.165, 1.54) is 70.6 Å². The Morgan fingerprint density at radius 2 is 1.74 bits per heavy atom. The van der Waals surface area contributed by atoms with Crippen LogP contribution in [-0.4, -0.2) is 20.1 Å². The van der Waals surface area contributed by atoms with Crippen molar-refractivity contribution in [3.8, 4) is 0 Å². The van der Waals surface area contributed by atoms with Crippen LogP contribution in [0.3, 0.4) is 0 Å². The van der Waals surface area contributed by atoms with Crippen molar-refractivity contribution < 1.29 is 4.74 Å². The topological polar surface area (TPSA) is 9.23 Å². The van der Waals surface area contributed by atoms with Crippen molar-refractivity contribution in [3.63, 3.8) is 0 Å². The molecule has 1 aliphatic heterocycles. The number of ether oxygens (including phenoxy) is 1. The van der Waals surface area contributed by atoms with E-state index in [9.17, 15) is 0 Å². The molecule has 27 heavy (non-hydrogen) atoms. The molecule has 5 aliphatic rings. The average molecular weight is 368 g/mol. The van der Waals surface area contributed by atoms with Crippen LogP contribution < -0.4 is 0 Å². The molecule has 2 radical (unpaired) electrons. The zero-order chi connectivity index (χ0) is 18.9. The van der Waals surface area contributed by atoms with Gasteiger partial charge in [0.15, 0.2) is 0 Å². The van der Waals surface area contributed by atoms with Crippen LogP contribution in [0.25, 0.3) is 0 Å². The predicted molar refractivity (Wildman–Crippen MR) is 113 cm³/mol. The fourth-order valence-electron chi connectivity index (χ4n) is 9.56. The van der Waals surface area contributed by atoms with Crippen molar-refractivity contribution in [3.05, 3.63) is 0 Å². The van der Waals surface area contributed by atoms with Crippen LogP contribution in [0.15, 0.2) is 0 Å². The summed E-state index contributed by atoms with van der Waals surface area (Å²) in [6.45, 7) is 8.81. The highest BCUT2D eigenvalue weighted by Gasteiger charge is 2.61. The number of fused-ring (bicyclic) bond motifs is 5. The fraction of sp³-hybridized carbons (Fsp3) is 1.00. The standard InChI is InChI=1S/C25H41BO/c1-17(16-26)20-7-8-21-19-6-5-18-15-25(10-4-14-27-25)13-12-23(18,2)22(19)9-11-24(20,21)3/h17-22H,4-16H2,1-3H3/t17-,18?,19?,20?,21?,22?,23?,24?,25?/m1/s1. The van der Waals surface area contributed by atoms with Crippen LogP contribution >= 0.6 is 0 Å². The molecule has 1 nitrogen and oxygen atoms in total. The lowest BCUT2D eigenvalue weighted by atomic mass is 9.43. The van der Waals surface area contributed by atoms with Crippen LogP contribution in [0.5, 0.6) is 0 Å². The Morgan fingerprint density at radius 1 is 0.926 bits per heavy atom. The average Bonchev–Trinajstić information content (AvgIpc) is 3.26. The monoisotopic (exact) mass is 368 g/mol. The molecular weight excluding hydrogens is 327 g/mol. The second kappa shape index (κ2) is 6.51. The predicted octanol–water partition coefficient (Wildman–Crippen LogP) is 6.42. The molecule has 0 N–H and O–H groups in total. The van der Waals surface area contributed by atoms with Crippen molar-refractivity contribution in [2.45, 2.75) is 103 Å². The highest BCUT2D eigenvalue weighted by molar-refractivity contribution is 6.08. The lowest BCUT2D eigenvalue weighted by molar-refractivity contribution is -0.155. The molecule has 1 heterocycles. The van der Waals surface area contributed by atoms with Gasteiger partial charge in [-0.15, -0.1) is 0 Å². The zero-order valence-corrected chi connectivity index (χ0v) is 18.1. The fourth-order valence-corrected chi connectivity index (χ4v) is 9.56. The summed E-state index contributed by atoms with van der Waals surface area (Å²) < 4.78 is 6.34. The van der Waals surface area contributed by atoms with Gasteiger partial charge in [0.1, 0.15) is 0 Å². The van der Waals surface area contributed by atoms with E-state index in [0.717, 1.165) is 42.5 Å². The van der Waals surface area contributed by atoms with E-state index >= 15 is 0 Å². The first kappa shape index (κ1) is 19.0. The minimum Gasteiger partial charge on any atom is -0.375 e. The molecule has 0 bridgehead atoms. The molecule has 4 aliphatic carbocycles. The van der Waals surface area contributed by atoms with E-state index in [-0.39, 0.29) is 5.60 Å². The van der Waals surface area contributed by atoms with E-state index < -0.39 is 0 Å². The molecule has 0 aromatic carbocycles. The van der Waals surface area contributed by atoms with Gasteiger partial charge >= 0.3 is 0 Å². The van der Waals surface area contributed by atoms with Crippen molar-refractivity contribution in [2.75, 3.05) is 6.61 Å². The molecule has 2 heteroatoms. The Balaban J connectivity index is 1.38. The molecule has 0 aromatic heterocycles. The molecule has 4 saturated carbocycles. The van der Waals surface area contributed by atoms with E-state index in [0.29, 0.717) is 16.7 Å². The first-order valence-corrected chi connectivity index (χ1v) is 12.3. The van der Waals surface area contributed by atoms with Gasteiger partial charge in [-0.05, 0) is 117 Å². The van der Waals surface area contributed by atoms with Crippen molar-refractivity contribution >= 4 is 7.85 Å². The molecule has 9 atom stereocenters. The summed E-state index contributed by atoms with van der Waals surface area (Å²) in [5.41, 5.74) is 1.46. The van der Waals surface area contributed by atoms with E-state index in [1.807, 2.05) is 0 Å². The van der Waals surface area contributed by atoms with Gasteiger partial charge in [0, 0.05) is 6.61 Å². The Bertz CT molecular complexity index is 569. The molecule has 150 valence electrons. The van der Waals surface area contributed by atoms with Crippen LogP contribution in [-0.2, 0) is 4.74 Å². The first-order valence-electron chi connectivity index (χ1n) is 12.3.